The summed E-state index contributed by atoms with van der Waals surface area (Å²) in [6, 6.07) is 9.35. The van der Waals surface area contributed by atoms with Crippen molar-refractivity contribution in [2.24, 2.45) is 0 Å². The van der Waals surface area contributed by atoms with Crippen molar-refractivity contribution >= 4 is 68.8 Å². The average molecular weight is 649 g/mol. The number of rotatable bonds is 9. The van der Waals surface area contributed by atoms with E-state index in [1.165, 1.54) is 26.6 Å². The minimum absolute atomic E-state index is 0.296. The Morgan fingerprint density at radius 2 is 1.73 bits per heavy atom. The van der Waals surface area contributed by atoms with E-state index in [0.717, 1.165) is 38.4 Å². The fourth-order valence-corrected chi connectivity index (χ4v) is 6.09. The van der Waals surface area contributed by atoms with Gasteiger partial charge in [-0.2, -0.15) is 14.6 Å². The molecule has 1 aliphatic heterocycles. The Labute approximate surface area is 269 Å². The van der Waals surface area contributed by atoms with E-state index in [1.54, 1.807) is 16.8 Å². The third-order valence-corrected chi connectivity index (χ3v) is 8.56. The maximum Gasteiger partial charge on any atom is 0.247 e. The van der Waals surface area contributed by atoms with Crippen molar-refractivity contribution in [3.8, 4) is 22.6 Å². The molecule has 4 heterocycles. The molecule has 14 heteroatoms. The van der Waals surface area contributed by atoms with Gasteiger partial charge in [-0.3, -0.25) is 4.79 Å². The van der Waals surface area contributed by atoms with Crippen LogP contribution in [0.3, 0.4) is 0 Å². The molecule has 1 amide bonds. The zero-order chi connectivity index (χ0) is 31.7. The number of nitrogens with one attached hydrogen (secondary N) is 2. The maximum atomic E-state index is 12.4. The predicted octanol–water partition coefficient (Wildman–Crippen LogP) is 5.67. The fraction of sp³-hybridized carbons (Fsp3) is 0.258. The van der Waals surface area contributed by atoms with E-state index >= 15 is 0 Å². The van der Waals surface area contributed by atoms with E-state index in [2.05, 4.69) is 49.0 Å². The van der Waals surface area contributed by atoms with Crippen LogP contribution >= 0.6 is 23.2 Å². The van der Waals surface area contributed by atoms with Gasteiger partial charge in [-0.25, -0.2) is 9.97 Å². The van der Waals surface area contributed by atoms with E-state index in [9.17, 15) is 4.79 Å². The summed E-state index contributed by atoms with van der Waals surface area (Å²) in [6.07, 6.45) is 4.32. The molecule has 3 aromatic heterocycles. The summed E-state index contributed by atoms with van der Waals surface area (Å²) < 4.78 is 12.5. The number of piperazine rings is 1. The molecule has 1 saturated heterocycles. The SMILES string of the molecule is C=CC(=O)Nc1cc(N2CCN(CC)CC2)ccc1Nc1ncc2cc(-c3c(Cl)c(OC)cc(OC)c3Cl)c3ncnn3c2n1. The van der Waals surface area contributed by atoms with Crippen LogP contribution in [0.2, 0.25) is 10.0 Å². The second kappa shape index (κ2) is 12.8. The Balaban J connectivity index is 1.39. The lowest BCUT2D eigenvalue weighted by atomic mass is 10.0. The molecule has 0 spiro atoms. The van der Waals surface area contributed by atoms with Crippen LogP contribution in [-0.4, -0.2) is 82.3 Å². The second-order valence-electron chi connectivity index (χ2n) is 10.3. The molecule has 45 heavy (non-hydrogen) atoms. The Bertz CT molecular complexity index is 1890. The second-order valence-corrected chi connectivity index (χ2v) is 11.0. The highest BCUT2D eigenvalue weighted by Crippen LogP contribution is 2.47. The van der Waals surface area contributed by atoms with Crippen LogP contribution in [0.1, 0.15) is 6.92 Å². The van der Waals surface area contributed by atoms with Crippen molar-refractivity contribution in [3.63, 3.8) is 0 Å². The number of ether oxygens (including phenoxy) is 2. The van der Waals surface area contributed by atoms with Gasteiger partial charge in [0.25, 0.3) is 0 Å². The summed E-state index contributed by atoms with van der Waals surface area (Å²) in [4.78, 5) is 30.9. The number of aromatic nitrogens is 5. The Morgan fingerprint density at radius 1 is 1.00 bits per heavy atom. The van der Waals surface area contributed by atoms with Gasteiger partial charge in [0.05, 0.1) is 35.6 Å². The number of carbonyl (C=O) groups excluding carboxylic acids is 1. The van der Waals surface area contributed by atoms with Crippen molar-refractivity contribution in [3.05, 3.63) is 65.6 Å². The number of carbonyl (C=O) groups is 1. The largest absolute Gasteiger partial charge is 0.495 e. The monoisotopic (exact) mass is 647 g/mol. The zero-order valence-corrected chi connectivity index (χ0v) is 26.5. The van der Waals surface area contributed by atoms with Gasteiger partial charge in [-0.05, 0) is 36.9 Å². The number of nitrogens with zero attached hydrogens (tertiary/aromatic N) is 7. The van der Waals surface area contributed by atoms with Gasteiger partial charge in [0, 0.05) is 60.6 Å². The molecule has 5 aromatic rings. The average Bonchev–Trinajstić information content (AvgIpc) is 3.57. The maximum absolute atomic E-state index is 12.4. The van der Waals surface area contributed by atoms with Gasteiger partial charge in [0.2, 0.25) is 11.9 Å². The molecule has 0 atom stereocenters. The van der Waals surface area contributed by atoms with E-state index < -0.39 is 0 Å². The molecule has 1 aliphatic rings. The lowest BCUT2D eigenvalue weighted by Gasteiger charge is -2.35. The molecule has 232 valence electrons. The fourth-order valence-electron chi connectivity index (χ4n) is 5.39. The van der Waals surface area contributed by atoms with Gasteiger partial charge >= 0.3 is 0 Å². The standard InChI is InChI=1S/C31H31Cl2N9O3/c1-5-25(43)37-22-14-19(41-11-9-40(6-2)10-12-41)7-8-21(22)38-31-34-16-18-13-20(30-35-17-36-42(30)29(18)39-31)26-27(32)23(44-3)15-24(45-4)28(26)33/h5,7-8,13-17H,1,6,9-12H2,2-4H3,(H,37,43)(H,34,38,39). The lowest BCUT2D eigenvalue weighted by molar-refractivity contribution is -0.111. The quantitative estimate of drug-likeness (QED) is 0.193. The summed E-state index contributed by atoms with van der Waals surface area (Å²) in [5, 5.41) is 11.9. The van der Waals surface area contributed by atoms with Gasteiger partial charge in [0.1, 0.15) is 17.8 Å². The lowest BCUT2D eigenvalue weighted by Crippen LogP contribution is -2.46. The molecule has 0 radical (unpaired) electrons. The normalized spacial score (nSPS) is 13.7. The number of amides is 1. The number of hydrogen-bond donors (Lipinski definition) is 2. The van der Waals surface area contributed by atoms with Crippen LogP contribution in [0.4, 0.5) is 23.0 Å². The van der Waals surface area contributed by atoms with Gasteiger partial charge in [-0.1, -0.05) is 36.7 Å². The Kier molecular flexibility index (Phi) is 8.61. The van der Waals surface area contributed by atoms with Gasteiger partial charge in [0.15, 0.2) is 11.3 Å². The van der Waals surface area contributed by atoms with Crippen LogP contribution < -0.4 is 25.0 Å². The molecule has 0 unspecified atom stereocenters. The van der Waals surface area contributed by atoms with E-state index in [0.29, 0.717) is 66.7 Å². The van der Waals surface area contributed by atoms with Crippen molar-refractivity contribution in [2.75, 3.05) is 62.5 Å². The number of methoxy groups -OCH3 is 2. The molecule has 0 saturated carbocycles. The first-order valence-electron chi connectivity index (χ1n) is 14.3. The molecule has 6 rings (SSSR count). The summed E-state index contributed by atoms with van der Waals surface area (Å²) in [6.45, 7) is 10.6. The van der Waals surface area contributed by atoms with E-state index in [1.807, 2.05) is 24.3 Å². The summed E-state index contributed by atoms with van der Waals surface area (Å²) in [7, 11) is 3.03. The number of pyridine rings is 1. The smallest absolute Gasteiger partial charge is 0.247 e. The number of fused-ring (bicyclic) bond motifs is 3. The van der Waals surface area contributed by atoms with Crippen molar-refractivity contribution in [2.45, 2.75) is 6.92 Å². The topological polar surface area (TPSA) is 122 Å². The summed E-state index contributed by atoms with van der Waals surface area (Å²) >= 11 is 13.5. The van der Waals surface area contributed by atoms with Crippen LogP contribution in [0, 0.1) is 0 Å². The van der Waals surface area contributed by atoms with Crippen LogP contribution in [0.25, 0.3) is 27.8 Å². The zero-order valence-electron chi connectivity index (χ0n) is 25.0. The molecule has 2 aromatic carbocycles. The number of likely N-dealkylation sites (N-methyl/N-ethyl adjacent to an activating group) is 1. The molecular weight excluding hydrogens is 617 g/mol. The van der Waals surface area contributed by atoms with Crippen molar-refractivity contribution in [1.82, 2.24) is 29.5 Å². The Hall–Kier alpha value is -4.65. The first-order valence-corrected chi connectivity index (χ1v) is 15.0. The number of benzene rings is 2. The minimum Gasteiger partial charge on any atom is -0.495 e. The summed E-state index contributed by atoms with van der Waals surface area (Å²) in [5.74, 6) is 0.767. The van der Waals surface area contributed by atoms with Crippen LogP contribution in [0.5, 0.6) is 11.5 Å². The molecule has 0 aliphatic carbocycles. The molecule has 12 nitrogen and oxygen atoms in total. The molecule has 1 fully saturated rings. The van der Waals surface area contributed by atoms with Crippen LogP contribution in [0.15, 0.2) is 55.5 Å². The highest BCUT2D eigenvalue weighted by molar-refractivity contribution is 6.41. The van der Waals surface area contributed by atoms with E-state index in [-0.39, 0.29) is 5.91 Å². The third kappa shape index (κ3) is 5.79. The highest BCUT2D eigenvalue weighted by Gasteiger charge is 2.23. The van der Waals surface area contributed by atoms with Crippen molar-refractivity contribution in [1.29, 1.82) is 0 Å². The molecule has 0 bridgehead atoms. The van der Waals surface area contributed by atoms with Gasteiger partial charge in [-0.15, -0.1) is 0 Å². The molecule has 2 N–H and O–H groups in total. The number of anilines is 4. The third-order valence-electron chi connectivity index (χ3n) is 7.81. The first kappa shape index (κ1) is 30.4. The predicted molar refractivity (Wildman–Crippen MR) is 178 cm³/mol. The summed E-state index contributed by atoms with van der Waals surface area (Å²) in [5.41, 5.74) is 4.26. The molecular formula is C31H31Cl2N9O3. The first-order chi connectivity index (χ1) is 21.8. The number of hydrogen-bond acceptors (Lipinski definition) is 10. The van der Waals surface area contributed by atoms with Crippen LogP contribution in [-0.2, 0) is 4.79 Å². The van der Waals surface area contributed by atoms with E-state index in [4.69, 9.17) is 37.7 Å². The minimum atomic E-state index is -0.325. The van der Waals surface area contributed by atoms with Crippen molar-refractivity contribution < 1.29 is 14.3 Å². The number of halogens is 2. The Morgan fingerprint density at radius 3 is 2.40 bits per heavy atom. The van der Waals surface area contributed by atoms with Gasteiger partial charge < -0.3 is 29.9 Å². The highest BCUT2D eigenvalue weighted by atomic mass is 35.5.